The molecule has 0 radical (unpaired) electrons. The normalized spacial score (nSPS) is 9.27. The lowest BCUT2D eigenvalue weighted by molar-refractivity contribution is 0.159. The van der Waals surface area contributed by atoms with Crippen molar-refractivity contribution in [1.29, 1.82) is 0 Å². The van der Waals surface area contributed by atoms with Crippen LogP contribution in [0.2, 0.25) is 0 Å². The van der Waals surface area contributed by atoms with Crippen LogP contribution in [0.5, 0.6) is 0 Å². The number of ether oxygens (including phenoxy) is 2. The van der Waals surface area contributed by atoms with Gasteiger partial charge in [0.05, 0.1) is 6.61 Å². The molecule has 0 amide bonds. The predicted octanol–water partition coefficient (Wildman–Crippen LogP) is 1.12. The Morgan fingerprint density at radius 3 is 2.55 bits per heavy atom. The molecule has 0 rings (SSSR count). The molecule has 0 bridgehead atoms. The minimum absolute atomic E-state index is 0.627. The number of methoxy groups -OCH3 is 1. The zero-order valence-corrected chi connectivity index (χ0v) is 7.35. The first-order chi connectivity index (χ1) is 5.31. The van der Waals surface area contributed by atoms with Crippen molar-refractivity contribution >= 4 is 0 Å². The fourth-order valence-corrected chi connectivity index (χ4v) is 0.616. The first-order valence-electron chi connectivity index (χ1n) is 3.79. The van der Waals surface area contributed by atoms with Gasteiger partial charge in [0, 0.05) is 20.8 Å². The molecular weight excluding hydrogens is 142 g/mol. The summed E-state index contributed by atoms with van der Waals surface area (Å²) in [6, 6.07) is 0. The van der Waals surface area contributed by atoms with Crippen molar-refractivity contribution in [3.05, 3.63) is 12.5 Å². The average molecular weight is 159 g/mol. The molecular formula is C8H17NO2. The minimum atomic E-state index is 0.627. The lowest BCUT2D eigenvalue weighted by Gasteiger charge is -2.06. The van der Waals surface area contributed by atoms with Crippen molar-refractivity contribution in [3.8, 4) is 0 Å². The largest absolute Gasteiger partial charge is 0.480 e. The van der Waals surface area contributed by atoms with Gasteiger partial charge < -0.3 is 14.8 Å². The Hall–Kier alpha value is -0.700. The van der Waals surface area contributed by atoms with Crippen LogP contribution in [0.4, 0.5) is 0 Å². The van der Waals surface area contributed by atoms with Crippen molar-refractivity contribution in [3.63, 3.8) is 0 Å². The molecule has 0 spiro atoms. The second-order valence-electron chi connectivity index (χ2n) is 2.22. The molecule has 0 saturated heterocycles. The first kappa shape index (κ1) is 10.3. The van der Waals surface area contributed by atoms with Crippen molar-refractivity contribution in [2.75, 3.05) is 27.4 Å². The zero-order valence-electron chi connectivity index (χ0n) is 7.35. The molecule has 1 N–H and O–H groups in total. The fraction of sp³-hybridized carbons (Fsp3) is 0.750. The molecule has 0 aliphatic heterocycles. The number of rotatable bonds is 7. The van der Waals surface area contributed by atoms with Gasteiger partial charge >= 0.3 is 0 Å². The maximum Gasteiger partial charge on any atom is 0.178 e. The molecule has 0 unspecified atom stereocenters. The monoisotopic (exact) mass is 159 g/mol. The van der Waals surface area contributed by atoms with Crippen LogP contribution in [0.3, 0.4) is 0 Å². The number of unbranched alkanes of at least 4 members (excludes halogenated alkanes) is 1. The van der Waals surface area contributed by atoms with Gasteiger partial charge in [-0.1, -0.05) is 0 Å². The van der Waals surface area contributed by atoms with Crippen molar-refractivity contribution in [1.82, 2.24) is 5.32 Å². The van der Waals surface area contributed by atoms with Crippen LogP contribution in [0, 0.1) is 0 Å². The average Bonchev–Trinajstić information content (AvgIpc) is 2.04. The van der Waals surface area contributed by atoms with Crippen molar-refractivity contribution in [2.45, 2.75) is 12.8 Å². The van der Waals surface area contributed by atoms with Crippen molar-refractivity contribution < 1.29 is 9.47 Å². The van der Waals surface area contributed by atoms with Gasteiger partial charge in [-0.15, -0.1) is 0 Å². The molecule has 0 aromatic heterocycles. The van der Waals surface area contributed by atoms with E-state index < -0.39 is 0 Å². The van der Waals surface area contributed by atoms with E-state index in [9.17, 15) is 0 Å². The number of hydrogen-bond donors (Lipinski definition) is 1. The third-order valence-corrected chi connectivity index (χ3v) is 1.30. The maximum absolute atomic E-state index is 5.18. The van der Waals surface area contributed by atoms with Gasteiger partial charge in [0.2, 0.25) is 0 Å². The quantitative estimate of drug-likeness (QED) is 0.446. The van der Waals surface area contributed by atoms with Crippen molar-refractivity contribution in [2.24, 2.45) is 0 Å². The summed E-state index contributed by atoms with van der Waals surface area (Å²) in [5, 5.41) is 2.81. The Morgan fingerprint density at radius 1 is 1.36 bits per heavy atom. The minimum Gasteiger partial charge on any atom is -0.480 e. The second kappa shape index (κ2) is 7.41. The van der Waals surface area contributed by atoms with E-state index in [4.69, 9.17) is 9.47 Å². The lowest BCUT2D eigenvalue weighted by Crippen LogP contribution is -2.08. The van der Waals surface area contributed by atoms with Gasteiger partial charge in [-0.3, -0.25) is 0 Å². The molecule has 3 heteroatoms. The molecule has 0 aromatic carbocycles. The molecule has 3 nitrogen and oxygen atoms in total. The number of hydrogen-bond acceptors (Lipinski definition) is 3. The fourth-order valence-electron chi connectivity index (χ4n) is 0.616. The molecule has 0 heterocycles. The summed E-state index contributed by atoms with van der Waals surface area (Å²) < 4.78 is 10.1. The van der Waals surface area contributed by atoms with Gasteiger partial charge in [0.1, 0.15) is 0 Å². The van der Waals surface area contributed by atoms with Crippen LogP contribution >= 0.6 is 0 Å². The molecule has 0 aliphatic rings. The van der Waals surface area contributed by atoms with Gasteiger partial charge in [-0.05, 0) is 19.4 Å². The van der Waals surface area contributed by atoms with E-state index in [0.29, 0.717) is 12.5 Å². The van der Waals surface area contributed by atoms with Gasteiger partial charge in [0.25, 0.3) is 0 Å². The summed E-state index contributed by atoms with van der Waals surface area (Å²) in [6.07, 6.45) is 2.04. The van der Waals surface area contributed by atoms with Crippen LogP contribution in [0.1, 0.15) is 12.8 Å². The summed E-state index contributed by atoms with van der Waals surface area (Å²) in [7, 11) is 3.49. The second-order valence-corrected chi connectivity index (χ2v) is 2.22. The topological polar surface area (TPSA) is 30.5 Å². The molecule has 0 saturated carbocycles. The van der Waals surface area contributed by atoms with Crippen LogP contribution < -0.4 is 5.32 Å². The number of nitrogens with one attached hydrogen (secondary N) is 1. The Balaban J connectivity index is 2.95. The van der Waals surface area contributed by atoms with Crippen LogP contribution in [-0.2, 0) is 9.47 Å². The lowest BCUT2D eigenvalue weighted by atomic mass is 10.3. The highest BCUT2D eigenvalue weighted by Gasteiger charge is 1.90. The Labute approximate surface area is 68.4 Å². The summed E-state index contributed by atoms with van der Waals surface area (Å²) >= 11 is 0. The van der Waals surface area contributed by atoms with Crippen LogP contribution in [0.15, 0.2) is 12.5 Å². The summed E-state index contributed by atoms with van der Waals surface area (Å²) in [4.78, 5) is 0. The third kappa shape index (κ3) is 7.19. The standard InChI is InChI=1S/C8H17NO2/c1-8(9-2)11-7-5-4-6-10-3/h9H,1,4-7H2,2-3H3. The molecule has 0 aliphatic carbocycles. The highest BCUT2D eigenvalue weighted by atomic mass is 16.5. The Bertz CT molecular complexity index is 104. The highest BCUT2D eigenvalue weighted by Crippen LogP contribution is 1.93. The van der Waals surface area contributed by atoms with Gasteiger partial charge in [0.15, 0.2) is 5.88 Å². The SMILES string of the molecule is C=C(NC)OCCCCOC. The predicted molar refractivity (Wildman–Crippen MR) is 45.3 cm³/mol. The molecule has 66 valence electrons. The maximum atomic E-state index is 5.18. The molecule has 11 heavy (non-hydrogen) atoms. The smallest absolute Gasteiger partial charge is 0.178 e. The van der Waals surface area contributed by atoms with Gasteiger partial charge in [-0.25, -0.2) is 0 Å². The summed E-state index contributed by atoms with van der Waals surface area (Å²) in [5.74, 6) is 0.627. The highest BCUT2D eigenvalue weighted by molar-refractivity contribution is 4.75. The van der Waals surface area contributed by atoms with E-state index >= 15 is 0 Å². The van der Waals surface area contributed by atoms with E-state index in [1.165, 1.54) is 0 Å². The summed E-state index contributed by atoms with van der Waals surface area (Å²) in [6.45, 7) is 5.14. The van der Waals surface area contributed by atoms with E-state index in [-0.39, 0.29) is 0 Å². The van der Waals surface area contributed by atoms with E-state index in [1.54, 1.807) is 14.2 Å². The van der Waals surface area contributed by atoms with Crippen LogP contribution in [0.25, 0.3) is 0 Å². The van der Waals surface area contributed by atoms with E-state index in [1.807, 2.05) is 0 Å². The Morgan fingerprint density at radius 2 is 2.00 bits per heavy atom. The summed E-state index contributed by atoms with van der Waals surface area (Å²) in [5.41, 5.74) is 0. The molecule has 0 aromatic rings. The zero-order chi connectivity index (χ0) is 8.53. The Kier molecular flexibility index (Phi) is 6.94. The van der Waals surface area contributed by atoms with E-state index in [0.717, 1.165) is 19.4 Å². The van der Waals surface area contributed by atoms with Crippen LogP contribution in [-0.4, -0.2) is 27.4 Å². The first-order valence-corrected chi connectivity index (χ1v) is 3.79. The van der Waals surface area contributed by atoms with Gasteiger partial charge in [-0.2, -0.15) is 0 Å². The molecule has 0 atom stereocenters. The molecule has 0 fully saturated rings. The third-order valence-electron chi connectivity index (χ3n) is 1.30. The van der Waals surface area contributed by atoms with E-state index in [2.05, 4.69) is 11.9 Å².